The van der Waals surface area contributed by atoms with E-state index in [1.807, 2.05) is 0 Å². The molecule has 0 aliphatic heterocycles. The molecule has 0 bridgehead atoms. The van der Waals surface area contributed by atoms with E-state index in [1.54, 1.807) is 19.1 Å². The molecule has 2 amide bonds. The van der Waals surface area contributed by atoms with Gasteiger partial charge in [-0.2, -0.15) is 0 Å². The van der Waals surface area contributed by atoms with Crippen molar-refractivity contribution in [3.8, 4) is 0 Å². The van der Waals surface area contributed by atoms with Crippen LogP contribution < -0.4 is 10.6 Å². The number of urea groups is 1. The van der Waals surface area contributed by atoms with Crippen molar-refractivity contribution in [3.63, 3.8) is 0 Å². The first kappa shape index (κ1) is 11.4. The third-order valence-corrected chi connectivity index (χ3v) is 2.51. The van der Waals surface area contributed by atoms with E-state index in [1.165, 1.54) is 6.07 Å². The number of nitro groups is 1. The summed E-state index contributed by atoms with van der Waals surface area (Å²) in [5, 5.41) is 16.0. The maximum Gasteiger partial charge on any atom is 0.319 e. The highest BCUT2D eigenvalue weighted by atomic mass is 16.6. The standard InChI is InChI=1S/C11H13N3O3/c1-7-2-5-9(10(6-7)14(16)17)13-11(15)12-8-3-4-8/h2,5-6,8H,3-4H2,1H3,(H2,12,13,15). The topological polar surface area (TPSA) is 84.3 Å². The van der Waals surface area contributed by atoms with Gasteiger partial charge in [0.05, 0.1) is 4.92 Å². The first-order valence-electron chi connectivity index (χ1n) is 5.39. The predicted molar refractivity (Wildman–Crippen MR) is 63.0 cm³/mol. The molecule has 2 rings (SSSR count). The second-order valence-electron chi connectivity index (χ2n) is 4.15. The molecule has 6 nitrogen and oxygen atoms in total. The summed E-state index contributed by atoms with van der Waals surface area (Å²) in [6.07, 6.45) is 1.95. The molecule has 6 heteroatoms. The first-order chi connectivity index (χ1) is 8.06. The Morgan fingerprint density at radius 2 is 2.18 bits per heavy atom. The van der Waals surface area contributed by atoms with E-state index in [-0.39, 0.29) is 23.4 Å². The Labute approximate surface area is 98.2 Å². The lowest BCUT2D eigenvalue weighted by atomic mass is 10.2. The Morgan fingerprint density at radius 3 is 2.76 bits per heavy atom. The fourth-order valence-electron chi connectivity index (χ4n) is 1.47. The maximum absolute atomic E-state index is 11.5. The third kappa shape index (κ3) is 2.93. The molecule has 0 heterocycles. The van der Waals surface area contributed by atoms with E-state index in [2.05, 4.69) is 10.6 Å². The van der Waals surface area contributed by atoms with Crippen LogP contribution in [0.5, 0.6) is 0 Å². The van der Waals surface area contributed by atoms with Crippen LogP contribution in [0.2, 0.25) is 0 Å². The van der Waals surface area contributed by atoms with E-state index in [9.17, 15) is 14.9 Å². The number of benzene rings is 1. The SMILES string of the molecule is Cc1ccc(NC(=O)NC2CC2)c([N+](=O)[O-])c1. The van der Waals surface area contributed by atoms with Crippen LogP contribution in [-0.2, 0) is 0 Å². The molecule has 2 N–H and O–H groups in total. The molecule has 0 unspecified atom stereocenters. The van der Waals surface area contributed by atoms with E-state index >= 15 is 0 Å². The Kier molecular flexibility index (Phi) is 2.95. The molecule has 0 saturated heterocycles. The van der Waals surface area contributed by atoms with Crippen LogP contribution in [0.4, 0.5) is 16.2 Å². The smallest absolute Gasteiger partial charge is 0.319 e. The molecule has 1 saturated carbocycles. The maximum atomic E-state index is 11.5. The van der Waals surface area contributed by atoms with Gasteiger partial charge in [0.25, 0.3) is 5.69 Å². The van der Waals surface area contributed by atoms with Gasteiger partial charge in [-0.15, -0.1) is 0 Å². The number of anilines is 1. The molecule has 1 aliphatic rings. The molecule has 0 atom stereocenters. The molecule has 1 fully saturated rings. The molecular weight excluding hydrogens is 222 g/mol. The summed E-state index contributed by atoms with van der Waals surface area (Å²) in [5.74, 6) is 0. The zero-order valence-corrected chi connectivity index (χ0v) is 9.40. The second kappa shape index (κ2) is 4.40. The fraction of sp³-hybridized carbons (Fsp3) is 0.364. The molecular formula is C11H13N3O3. The van der Waals surface area contributed by atoms with Gasteiger partial charge in [-0.1, -0.05) is 6.07 Å². The molecule has 1 aliphatic carbocycles. The highest BCUT2D eigenvalue weighted by Gasteiger charge is 2.24. The van der Waals surface area contributed by atoms with Crippen molar-refractivity contribution >= 4 is 17.4 Å². The number of nitrogens with one attached hydrogen (secondary N) is 2. The monoisotopic (exact) mass is 235 g/mol. The van der Waals surface area contributed by atoms with E-state index in [4.69, 9.17) is 0 Å². The summed E-state index contributed by atoms with van der Waals surface area (Å²) in [6, 6.07) is 4.53. The summed E-state index contributed by atoms with van der Waals surface area (Å²) in [6.45, 7) is 1.76. The van der Waals surface area contributed by atoms with Crippen molar-refractivity contribution in [2.75, 3.05) is 5.32 Å². The Morgan fingerprint density at radius 1 is 1.47 bits per heavy atom. The van der Waals surface area contributed by atoms with E-state index in [0.717, 1.165) is 18.4 Å². The van der Waals surface area contributed by atoms with Crippen molar-refractivity contribution < 1.29 is 9.72 Å². The zero-order valence-electron chi connectivity index (χ0n) is 9.40. The molecule has 1 aromatic rings. The number of hydrogen-bond donors (Lipinski definition) is 2. The van der Waals surface area contributed by atoms with Crippen molar-refractivity contribution in [2.45, 2.75) is 25.8 Å². The van der Waals surface area contributed by atoms with Gasteiger partial charge in [0.2, 0.25) is 0 Å². The van der Waals surface area contributed by atoms with E-state index < -0.39 is 4.92 Å². The number of nitrogens with zero attached hydrogens (tertiary/aromatic N) is 1. The van der Waals surface area contributed by atoms with Crippen LogP contribution in [0.15, 0.2) is 18.2 Å². The highest BCUT2D eigenvalue weighted by Crippen LogP contribution is 2.25. The largest absolute Gasteiger partial charge is 0.335 e. The van der Waals surface area contributed by atoms with Gasteiger partial charge in [0, 0.05) is 12.1 Å². The van der Waals surface area contributed by atoms with Crippen molar-refractivity contribution in [1.82, 2.24) is 5.32 Å². The summed E-state index contributed by atoms with van der Waals surface area (Å²) < 4.78 is 0. The van der Waals surface area contributed by atoms with Crippen LogP contribution in [0.1, 0.15) is 18.4 Å². The van der Waals surface area contributed by atoms with Gasteiger partial charge in [0.15, 0.2) is 0 Å². The molecule has 17 heavy (non-hydrogen) atoms. The number of carbonyl (C=O) groups excluding carboxylic acids is 1. The number of aryl methyl sites for hydroxylation is 1. The predicted octanol–water partition coefficient (Wildman–Crippen LogP) is 2.19. The molecule has 0 aromatic heterocycles. The minimum atomic E-state index is -0.500. The fourth-order valence-corrected chi connectivity index (χ4v) is 1.47. The average molecular weight is 235 g/mol. The minimum absolute atomic E-state index is 0.0871. The summed E-state index contributed by atoms with van der Waals surface area (Å²) in [5.41, 5.74) is 0.916. The second-order valence-corrected chi connectivity index (χ2v) is 4.15. The molecule has 0 radical (unpaired) electrons. The minimum Gasteiger partial charge on any atom is -0.335 e. The van der Waals surface area contributed by atoms with Gasteiger partial charge >= 0.3 is 6.03 Å². The zero-order chi connectivity index (χ0) is 12.4. The van der Waals surface area contributed by atoms with Crippen LogP contribution in [-0.4, -0.2) is 17.0 Å². The number of amides is 2. The lowest BCUT2D eigenvalue weighted by molar-refractivity contribution is -0.384. The van der Waals surface area contributed by atoms with E-state index in [0.29, 0.717) is 0 Å². The summed E-state index contributed by atoms with van der Waals surface area (Å²) in [4.78, 5) is 21.8. The number of hydrogen-bond acceptors (Lipinski definition) is 3. The Balaban J connectivity index is 2.13. The van der Waals surface area contributed by atoms with Gasteiger partial charge < -0.3 is 10.6 Å². The molecule has 90 valence electrons. The van der Waals surface area contributed by atoms with Crippen molar-refractivity contribution in [2.24, 2.45) is 0 Å². The number of carbonyl (C=O) groups is 1. The first-order valence-corrected chi connectivity index (χ1v) is 5.39. The van der Waals surface area contributed by atoms with Crippen LogP contribution in [0, 0.1) is 17.0 Å². The molecule has 0 spiro atoms. The number of rotatable bonds is 3. The van der Waals surface area contributed by atoms with Gasteiger partial charge in [0.1, 0.15) is 5.69 Å². The van der Waals surface area contributed by atoms with Crippen molar-refractivity contribution in [1.29, 1.82) is 0 Å². The lowest BCUT2D eigenvalue weighted by Gasteiger charge is -2.07. The van der Waals surface area contributed by atoms with Crippen molar-refractivity contribution in [3.05, 3.63) is 33.9 Å². The highest BCUT2D eigenvalue weighted by molar-refractivity contribution is 5.92. The summed E-state index contributed by atoms with van der Waals surface area (Å²) >= 11 is 0. The Hall–Kier alpha value is -2.11. The van der Waals surface area contributed by atoms with Gasteiger partial charge in [-0.25, -0.2) is 4.79 Å². The van der Waals surface area contributed by atoms with Gasteiger partial charge in [-0.05, 0) is 31.4 Å². The summed E-state index contributed by atoms with van der Waals surface area (Å²) in [7, 11) is 0. The van der Waals surface area contributed by atoms with Crippen LogP contribution >= 0.6 is 0 Å². The molecule has 1 aromatic carbocycles. The number of nitro benzene ring substituents is 1. The normalized spacial score (nSPS) is 14.2. The Bertz CT molecular complexity index is 469. The van der Waals surface area contributed by atoms with Crippen LogP contribution in [0.3, 0.4) is 0 Å². The third-order valence-electron chi connectivity index (χ3n) is 2.51. The lowest BCUT2D eigenvalue weighted by Crippen LogP contribution is -2.30. The van der Waals surface area contributed by atoms with Crippen LogP contribution in [0.25, 0.3) is 0 Å². The quantitative estimate of drug-likeness (QED) is 0.622. The van der Waals surface area contributed by atoms with Gasteiger partial charge in [-0.3, -0.25) is 10.1 Å². The average Bonchev–Trinajstić information content (AvgIpc) is 3.04.